The minimum Gasteiger partial charge on any atom is -0.359 e. The maximum Gasteiger partial charge on any atom is 0.312 e. The molecule has 0 bridgehead atoms. The van der Waals surface area contributed by atoms with Crippen molar-refractivity contribution in [3.63, 3.8) is 0 Å². The van der Waals surface area contributed by atoms with E-state index in [1.807, 2.05) is 20.8 Å². The molecule has 5 nitrogen and oxygen atoms in total. The standard InChI is InChI=1S/C10H14ClN3O2/c1-4-10(2,3)13-9-8(14(15)16)5-7(11)6-12-9/h5-6H,4H2,1-3H3,(H,12,13). The second kappa shape index (κ2) is 4.65. The largest absolute Gasteiger partial charge is 0.359 e. The summed E-state index contributed by atoms with van der Waals surface area (Å²) >= 11 is 5.67. The van der Waals surface area contributed by atoms with Crippen LogP contribution in [0.4, 0.5) is 11.5 Å². The van der Waals surface area contributed by atoms with E-state index in [-0.39, 0.29) is 22.1 Å². The third kappa shape index (κ3) is 3.06. The first kappa shape index (κ1) is 12.7. The Morgan fingerprint density at radius 3 is 2.75 bits per heavy atom. The maximum atomic E-state index is 10.8. The number of halogens is 1. The first-order chi connectivity index (χ1) is 7.35. The van der Waals surface area contributed by atoms with Gasteiger partial charge >= 0.3 is 5.69 Å². The molecule has 1 aromatic heterocycles. The molecule has 0 aliphatic carbocycles. The number of nitro groups is 1. The first-order valence-corrected chi connectivity index (χ1v) is 5.31. The SMILES string of the molecule is CCC(C)(C)Nc1ncc(Cl)cc1[N+](=O)[O-]. The van der Waals surface area contributed by atoms with Gasteiger partial charge in [-0.3, -0.25) is 10.1 Å². The second-order valence-electron chi connectivity index (χ2n) is 4.14. The monoisotopic (exact) mass is 243 g/mol. The summed E-state index contributed by atoms with van der Waals surface area (Å²) < 4.78 is 0. The number of aromatic nitrogens is 1. The third-order valence-electron chi connectivity index (χ3n) is 2.37. The van der Waals surface area contributed by atoms with E-state index < -0.39 is 4.92 Å². The second-order valence-corrected chi connectivity index (χ2v) is 4.58. The lowest BCUT2D eigenvalue weighted by atomic mass is 10.0. The van der Waals surface area contributed by atoms with Gasteiger partial charge in [-0.2, -0.15) is 0 Å². The van der Waals surface area contributed by atoms with Crippen LogP contribution in [0.5, 0.6) is 0 Å². The smallest absolute Gasteiger partial charge is 0.312 e. The average Bonchev–Trinajstić information content (AvgIpc) is 2.20. The van der Waals surface area contributed by atoms with E-state index in [0.717, 1.165) is 6.42 Å². The van der Waals surface area contributed by atoms with Crippen molar-refractivity contribution in [2.75, 3.05) is 5.32 Å². The number of rotatable bonds is 4. The fourth-order valence-electron chi connectivity index (χ4n) is 1.07. The van der Waals surface area contributed by atoms with Crippen LogP contribution in [0.25, 0.3) is 0 Å². The normalized spacial score (nSPS) is 11.2. The van der Waals surface area contributed by atoms with Crippen LogP contribution in [-0.4, -0.2) is 15.4 Å². The molecule has 0 spiro atoms. The lowest BCUT2D eigenvalue weighted by molar-refractivity contribution is -0.384. The Morgan fingerprint density at radius 2 is 2.25 bits per heavy atom. The topological polar surface area (TPSA) is 68.1 Å². The molecule has 6 heteroatoms. The van der Waals surface area contributed by atoms with Crippen LogP contribution in [0.3, 0.4) is 0 Å². The molecular weight excluding hydrogens is 230 g/mol. The number of hydrogen-bond donors (Lipinski definition) is 1. The molecule has 1 N–H and O–H groups in total. The van der Waals surface area contributed by atoms with E-state index in [0.29, 0.717) is 0 Å². The van der Waals surface area contributed by atoms with Gasteiger partial charge in [0.2, 0.25) is 5.82 Å². The molecule has 16 heavy (non-hydrogen) atoms. The van der Waals surface area contributed by atoms with Crippen molar-refractivity contribution in [3.8, 4) is 0 Å². The highest BCUT2D eigenvalue weighted by Gasteiger charge is 2.22. The Bertz CT molecular complexity index is 407. The molecule has 1 aromatic rings. The van der Waals surface area contributed by atoms with Gasteiger partial charge in [0.15, 0.2) is 0 Å². The molecule has 88 valence electrons. The molecule has 0 atom stereocenters. The highest BCUT2D eigenvalue weighted by molar-refractivity contribution is 6.30. The Hall–Kier alpha value is -1.36. The lowest BCUT2D eigenvalue weighted by Crippen LogP contribution is -2.30. The van der Waals surface area contributed by atoms with E-state index in [9.17, 15) is 10.1 Å². The third-order valence-corrected chi connectivity index (χ3v) is 2.58. The molecule has 0 unspecified atom stereocenters. The van der Waals surface area contributed by atoms with Crippen LogP contribution in [0, 0.1) is 10.1 Å². The van der Waals surface area contributed by atoms with Gasteiger partial charge < -0.3 is 5.32 Å². The van der Waals surface area contributed by atoms with Crippen molar-refractivity contribution in [1.82, 2.24) is 4.98 Å². The molecule has 0 aliphatic rings. The maximum absolute atomic E-state index is 10.8. The minimum atomic E-state index is -0.493. The average molecular weight is 244 g/mol. The fraction of sp³-hybridized carbons (Fsp3) is 0.500. The van der Waals surface area contributed by atoms with Crippen molar-refractivity contribution in [3.05, 3.63) is 27.4 Å². The lowest BCUT2D eigenvalue weighted by Gasteiger charge is -2.24. The first-order valence-electron chi connectivity index (χ1n) is 4.94. The number of nitrogens with zero attached hydrogens (tertiary/aromatic N) is 2. The van der Waals surface area contributed by atoms with Crippen LogP contribution in [-0.2, 0) is 0 Å². The highest BCUT2D eigenvalue weighted by atomic mass is 35.5. The summed E-state index contributed by atoms with van der Waals surface area (Å²) in [5.74, 6) is 0.251. The summed E-state index contributed by atoms with van der Waals surface area (Å²) in [5, 5.41) is 14.1. The van der Waals surface area contributed by atoms with Crippen molar-refractivity contribution in [2.45, 2.75) is 32.7 Å². The number of anilines is 1. The van der Waals surface area contributed by atoms with Crippen LogP contribution >= 0.6 is 11.6 Å². The van der Waals surface area contributed by atoms with E-state index in [1.165, 1.54) is 12.3 Å². The summed E-state index contributed by atoms with van der Waals surface area (Å²) in [6, 6.07) is 1.29. The van der Waals surface area contributed by atoms with Crippen LogP contribution in [0.15, 0.2) is 12.3 Å². The van der Waals surface area contributed by atoms with Gasteiger partial charge in [0.05, 0.1) is 9.95 Å². The molecule has 0 aliphatic heterocycles. The number of nitrogens with one attached hydrogen (secondary N) is 1. The highest BCUT2D eigenvalue weighted by Crippen LogP contribution is 2.28. The Kier molecular flexibility index (Phi) is 3.70. The van der Waals surface area contributed by atoms with Gasteiger partial charge in [-0.25, -0.2) is 4.98 Å². The fourth-order valence-corrected chi connectivity index (χ4v) is 1.23. The molecule has 0 saturated carbocycles. The molecule has 0 aromatic carbocycles. The molecule has 0 radical (unpaired) electrons. The zero-order chi connectivity index (χ0) is 12.3. The number of hydrogen-bond acceptors (Lipinski definition) is 4. The van der Waals surface area contributed by atoms with Crippen LogP contribution in [0.2, 0.25) is 5.02 Å². The molecular formula is C10H14ClN3O2. The predicted octanol–water partition coefficient (Wildman–Crippen LogP) is 3.24. The minimum absolute atomic E-state index is 0.103. The molecule has 1 rings (SSSR count). The zero-order valence-electron chi connectivity index (χ0n) is 9.45. The van der Waals surface area contributed by atoms with E-state index in [1.54, 1.807) is 0 Å². The van der Waals surface area contributed by atoms with Crippen LogP contribution < -0.4 is 5.32 Å². The summed E-state index contributed by atoms with van der Waals surface area (Å²) in [5.41, 5.74) is -0.347. The van der Waals surface area contributed by atoms with E-state index >= 15 is 0 Å². The quantitative estimate of drug-likeness (QED) is 0.651. The van der Waals surface area contributed by atoms with Gasteiger partial charge in [-0.1, -0.05) is 18.5 Å². The van der Waals surface area contributed by atoms with Crippen LogP contribution in [0.1, 0.15) is 27.2 Å². The number of pyridine rings is 1. The molecule has 0 fully saturated rings. The van der Waals surface area contributed by atoms with E-state index in [4.69, 9.17) is 11.6 Å². The zero-order valence-corrected chi connectivity index (χ0v) is 10.2. The van der Waals surface area contributed by atoms with Gasteiger partial charge in [0.25, 0.3) is 0 Å². The van der Waals surface area contributed by atoms with Gasteiger partial charge in [-0.15, -0.1) is 0 Å². The Balaban J connectivity index is 3.09. The van der Waals surface area contributed by atoms with Crippen molar-refractivity contribution in [1.29, 1.82) is 0 Å². The Morgan fingerprint density at radius 1 is 1.62 bits per heavy atom. The van der Waals surface area contributed by atoms with Gasteiger partial charge in [0, 0.05) is 17.8 Å². The molecule has 0 amide bonds. The summed E-state index contributed by atoms with van der Waals surface area (Å²) in [4.78, 5) is 14.3. The summed E-state index contributed by atoms with van der Waals surface area (Å²) in [6.07, 6.45) is 2.22. The molecule has 1 heterocycles. The van der Waals surface area contributed by atoms with Gasteiger partial charge in [-0.05, 0) is 20.3 Å². The summed E-state index contributed by atoms with van der Waals surface area (Å²) in [6.45, 7) is 5.90. The predicted molar refractivity (Wildman–Crippen MR) is 63.9 cm³/mol. The molecule has 0 saturated heterocycles. The summed E-state index contributed by atoms with van der Waals surface area (Å²) in [7, 11) is 0. The van der Waals surface area contributed by atoms with E-state index in [2.05, 4.69) is 10.3 Å². The Labute approximate surface area is 99.0 Å². The van der Waals surface area contributed by atoms with Gasteiger partial charge in [0.1, 0.15) is 0 Å². The van der Waals surface area contributed by atoms with Crippen molar-refractivity contribution >= 4 is 23.1 Å². The van der Waals surface area contributed by atoms with Crippen molar-refractivity contribution in [2.24, 2.45) is 0 Å². The van der Waals surface area contributed by atoms with Crippen molar-refractivity contribution < 1.29 is 4.92 Å².